The van der Waals surface area contributed by atoms with Crippen LogP contribution < -0.4 is 0 Å². The number of hydrogen-bond acceptors (Lipinski definition) is 2. The highest BCUT2D eigenvalue weighted by atomic mass is 16.5. The number of carbonyl (C=O) groups is 1. The monoisotopic (exact) mass is 166 g/mol. The van der Waals surface area contributed by atoms with Crippen LogP contribution in [-0.2, 0) is 9.53 Å². The van der Waals surface area contributed by atoms with Crippen LogP contribution in [0, 0.1) is 5.92 Å². The summed E-state index contributed by atoms with van der Waals surface area (Å²) in [6.07, 6.45) is 8.98. The number of carbonyl (C=O) groups excluding carboxylic acids is 1. The molecule has 1 aliphatic carbocycles. The summed E-state index contributed by atoms with van der Waals surface area (Å²) in [4.78, 5) is 11.1. The summed E-state index contributed by atoms with van der Waals surface area (Å²) in [5.74, 6) is 0.858. The molecule has 0 spiro atoms. The van der Waals surface area contributed by atoms with Crippen molar-refractivity contribution in [1.82, 2.24) is 0 Å². The molecule has 66 valence electrons. The van der Waals surface area contributed by atoms with Crippen molar-refractivity contribution in [2.75, 3.05) is 0 Å². The van der Waals surface area contributed by atoms with Crippen LogP contribution in [-0.4, -0.2) is 11.9 Å². The lowest BCUT2D eigenvalue weighted by molar-refractivity contribution is -0.119. The second kappa shape index (κ2) is 3.30. The Kier molecular flexibility index (Phi) is 2.15. The zero-order valence-electron chi connectivity index (χ0n) is 7.16. The van der Waals surface area contributed by atoms with E-state index in [-0.39, 0.29) is 11.9 Å². The third-order valence-corrected chi connectivity index (χ3v) is 2.84. The Balaban J connectivity index is 1.95. The van der Waals surface area contributed by atoms with Crippen molar-refractivity contribution < 1.29 is 9.53 Å². The summed E-state index contributed by atoms with van der Waals surface area (Å²) in [5.41, 5.74) is 0. The van der Waals surface area contributed by atoms with Crippen molar-refractivity contribution in [2.24, 2.45) is 5.92 Å². The van der Waals surface area contributed by atoms with E-state index in [1.807, 2.05) is 0 Å². The fourth-order valence-electron chi connectivity index (χ4n) is 2.14. The highest BCUT2D eigenvalue weighted by Gasteiger charge is 2.28. The zero-order chi connectivity index (χ0) is 8.39. The summed E-state index contributed by atoms with van der Waals surface area (Å²) < 4.78 is 5.43. The van der Waals surface area contributed by atoms with Gasteiger partial charge >= 0.3 is 0 Å². The smallest absolute Gasteiger partial charge is 0.162 e. The average Bonchev–Trinajstić information content (AvgIpc) is 2.56. The van der Waals surface area contributed by atoms with Crippen LogP contribution in [0.5, 0.6) is 0 Å². The number of ketones is 1. The van der Waals surface area contributed by atoms with Gasteiger partial charge in [-0.1, -0.05) is 12.8 Å². The maximum Gasteiger partial charge on any atom is 0.162 e. The van der Waals surface area contributed by atoms with Crippen LogP contribution in [0.1, 0.15) is 32.1 Å². The molecule has 2 aliphatic rings. The minimum atomic E-state index is 0.185. The molecule has 0 aromatic rings. The maximum atomic E-state index is 11.1. The lowest BCUT2D eigenvalue weighted by atomic mass is 9.95. The molecule has 0 aromatic heterocycles. The number of rotatable bonds is 1. The molecular formula is C10H14O2. The van der Waals surface area contributed by atoms with Crippen molar-refractivity contribution in [1.29, 1.82) is 0 Å². The molecule has 2 nitrogen and oxygen atoms in total. The Labute approximate surface area is 72.6 Å². The fourth-order valence-corrected chi connectivity index (χ4v) is 2.14. The molecule has 0 aromatic carbocycles. The minimum absolute atomic E-state index is 0.185. The molecule has 1 unspecified atom stereocenters. The molecule has 0 bridgehead atoms. The predicted octanol–water partition coefficient (Wildman–Crippen LogP) is 2.05. The molecule has 1 atom stereocenters. The molecule has 0 N–H and O–H groups in total. The first-order valence-electron chi connectivity index (χ1n) is 4.71. The van der Waals surface area contributed by atoms with Crippen LogP contribution in [0.25, 0.3) is 0 Å². The molecule has 2 rings (SSSR count). The molecule has 1 heterocycles. The van der Waals surface area contributed by atoms with Gasteiger partial charge in [-0.25, -0.2) is 0 Å². The van der Waals surface area contributed by atoms with Crippen molar-refractivity contribution in [3.63, 3.8) is 0 Å². The Bertz CT molecular complexity index is 202. The first kappa shape index (κ1) is 7.84. The summed E-state index contributed by atoms with van der Waals surface area (Å²) in [6.45, 7) is 0. The second-order valence-electron chi connectivity index (χ2n) is 3.69. The van der Waals surface area contributed by atoms with Crippen molar-refractivity contribution in [2.45, 2.75) is 38.2 Å². The van der Waals surface area contributed by atoms with E-state index in [1.54, 1.807) is 6.26 Å². The van der Waals surface area contributed by atoms with Crippen LogP contribution in [0.4, 0.5) is 0 Å². The topological polar surface area (TPSA) is 26.3 Å². The van der Waals surface area contributed by atoms with Crippen LogP contribution in [0.2, 0.25) is 0 Å². The normalized spacial score (nSPS) is 30.7. The summed E-state index contributed by atoms with van der Waals surface area (Å²) in [7, 11) is 0. The number of allylic oxidation sites excluding steroid dienone is 1. The third-order valence-electron chi connectivity index (χ3n) is 2.84. The Morgan fingerprint density at radius 1 is 1.33 bits per heavy atom. The zero-order valence-corrected chi connectivity index (χ0v) is 7.16. The lowest BCUT2D eigenvalue weighted by Crippen LogP contribution is -2.25. The average molecular weight is 166 g/mol. The van der Waals surface area contributed by atoms with Crippen molar-refractivity contribution >= 4 is 5.78 Å². The van der Waals surface area contributed by atoms with Gasteiger partial charge in [0.15, 0.2) is 5.78 Å². The Morgan fingerprint density at radius 3 is 2.75 bits per heavy atom. The van der Waals surface area contributed by atoms with E-state index in [4.69, 9.17) is 4.74 Å². The van der Waals surface area contributed by atoms with Gasteiger partial charge in [0, 0.05) is 12.5 Å². The molecular weight excluding hydrogens is 152 g/mol. The van der Waals surface area contributed by atoms with E-state index in [0.717, 1.165) is 0 Å². The van der Waals surface area contributed by atoms with Gasteiger partial charge in [-0.05, 0) is 18.8 Å². The standard InChI is InChI=1S/C10H14O2/c11-9-5-6-12-10(7-9)8-3-1-2-4-8/h5-6,8,10H,1-4,7H2. The van der Waals surface area contributed by atoms with E-state index < -0.39 is 0 Å². The first-order chi connectivity index (χ1) is 5.86. The maximum absolute atomic E-state index is 11.1. The van der Waals surface area contributed by atoms with Gasteiger partial charge < -0.3 is 4.74 Å². The molecule has 1 fully saturated rings. The molecule has 0 amide bonds. The fraction of sp³-hybridized carbons (Fsp3) is 0.700. The molecule has 1 aliphatic heterocycles. The number of hydrogen-bond donors (Lipinski definition) is 0. The summed E-state index contributed by atoms with van der Waals surface area (Å²) in [6, 6.07) is 0. The highest BCUT2D eigenvalue weighted by molar-refractivity contribution is 5.90. The first-order valence-corrected chi connectivity index (χ1v) is 4.71. The summed E-state index contributed by atoms with van der Waals surface area (Å²) >= 11 is 0. The molecule has 12 heavy (non-hydrogen) atoms. The molecule has 2 heteroatoms. The van der Waals surface area contributed by atoms with Gasteiger partial charge in [0.2, 0.25) is 0 Å². The van der Waals surface area contributed by atoms with Gasteiger partial charge in [-0.2, -0.15) is 0 Å². The van der Waals surface area contributed by atoms with E-state index >= 15 is 0 Å². The van der Waals surface area contributed by atoms with Gasteiger partial charge in [0.25, 0.3) is 0 Å². The van der Waals surface area contributed by atoms with E-state index in [1.165, 1.54) is 31.8 Å². The van der Waals surface area contributed by atoms with Crippen LogP contribution in [0.3, 0.4) is 0 Å². The van der Waals surface area contributed by atoms with E-state index in [0.29, 0.717) is 12.3 Å². The third kappa shape index (κ3) is 1.52. The Morgan fingerprint density at radius 2 is 2.08 bits per heavy atom. The number of ether oxygens (including phenoxy) is 1. The van der Waals surface area contributed by atoms with E-state index in [9.17, 15) is 4.79 Å². The predicted molar refractivity (Wildman–Crippen MR) is 45.6 cm³/mol. The molecule has 0 radical (unpaired) electrons. The van der Waals surface area contributed by atoms with Crippen molar-refractivity contribution in [3.8, 4) is 0 Å². The van der Waals surface area contributed by atoms with Crippen LogP contribution >= 0.6 is 0 Å². The van der Waals surface area contributed by atoms with Gasteiger partial charge in [0.05, 0.1) is 6.26 Å². The highest BCUT2D eigenvalue weighted by Crippen LogP contribution is 2.31. The van der Waals surface area contributed by atoms with Crippen molar-refractivity contribution in [3.05, 3.63) is 12.3 Å². The van der Waals surface area contributed by atoms with Gasteiger partial charge in [-0.3, -0.25) is 4.79 Å². The lowest BCUT2D eigenvalue weighted by Gasteiger charge is -2.24. The molecule has 1 saturated carbocycles. The van der Waals surface area contributed by atoms with Gasteiger partial charge in [-0.15, -0.1) is 0 Å². The SMILES string of the molecule is O=C1C=COC(C2CCCC2)C1. The van der Waals surface area contributed by atoms with Gasteiger partial charge in [0.1, 0.15) is 6.10 Å². The Hall–Kier alpha value is -0.790. The summed E-state index contributed by atoms with van der Waals surface area (Å²) in [5, 5.41) is 0. The van der Waals surface area contributed by atoms with E-state index in [2.05, 4.69) is 0 Å². The largest absolute Gasteiger partial charge is 0.497 e. The second-order valence-corrected chi connectivity index (χ2v) is 3.69. The quantitative estimate of drug-likeness (QED) is 0.596. The molecule has 0 saturated heterocycles. The minimum Gasteiger partial charge on any atom is -0.497 e. The van der Waals surface area contributed by atoms with Crippen LogP contribution in [0.15, 0.2) is 12.3 Å².